The van der Waals surface area contributed by atoms with E-state index in [9.17, 15) is 0 Å². The van der Waals surface area contributed by atoms with E-state index in [1.165, 1.54) is 10.0 Å². The molecule has 0 unspecified atom stereocenters. The van der Waals surface area contributed by atoms with Crippen molar-refractivity contribution in [1.29, 1.82) is 0 Å². The van der Waals surface area contributed by atoms with Crippen LogP contribution >= 0.6 is 12.2 Å². The summed E-state index contributed by atoms with van der Waals surface area (Å²) in [6.45, 7) is 2.12. The smallest absolute Gasteiger partial charge is 0.186 e. The molecule has 2 N–H and O–H groups in total. The van der Waals surface area contributed by atoms with Crippen LogP contribution in [0.15, 0.2) is 0 Å². The van der Waals surface area contributed by atoms with E-state index < -0.39 is 0 Å². The molecule has 66 valence electrons. The molecule has 0 radical (unpaired) electrons. The van der Waals surface area contributed by atoms with E-state index in [-0.39, 0.29) is 0 Å². The molecule has 0 atom stereocenters. The highest BCUT2D eigenvalue weighted by atomic mass is 32.1. The molecule has 0 aliphatic heterocycles. The van der Waals surface area contributed by atoms with Crippen molar-refractivity contribution in [1.82, 2.24) is 14.9 Å². The molecule has 0 aliphatic rings. The van der Waals surface area contributed by atoms with Crippen molar-refractivity contribution in [2.45, 2.75) is 26.2 Å². The number of aryl methyl sites for hydroxylation is 1. The molecule has 0 saturated carbocycles. The number of hydrogen-bond acceptors (Lipinski definition) is 4. The van der Waals surface area contributed by atoms with Crippen LogP contribution in [0.4, 0.5) is 0 Å². The number of thiocarbonyl (C=S) groups is 1. The maximum absolute atomic E-state index is 5.65. The van der Waals surface area contributed by atoms with Crippen molar-refractivity contribution in [3.8, 4) is 0 Å². The zero-order valence-corrected chi connectivity index (χ0v) is 7.84. The van der Waals surface area contributed by atoms with Crippen molar-refractivity contribution in [2.24, 2.45) is 0 Å². The summed E-state index contributed by atoms with van der Waals surface area (Å²) in [5, 5.41) is 9.16. The Morgan fingerprint density at radius 2 is 2.33 bits per heavy atom. The van der Waals surface area contributed by atoms with Gasteiger partial charge in [-0.1, -0.05) is 25.6 Å². The third-order valence-corrected chi connectivity index (χ3v) is 1.86. The lowest BCUT2D eigenvalue weighted by molar-refractivity contribution is 0.725. The standard InChI is InChI=1S/C7H12N4S/c1-2-3-4-6-9-10-7(5-12)11(6)8/h5H,2-4,8H2,1H3. The number of unbranched alkanes of at least 4 members (excludes halogenated alkanes) is 1. The molecule has 1 rings (SSSR count). The zero-order valence-electron chi connectivity index (χ0n) is 7.03. The Hall–Kier alpha value is -0.970. The van der Waals surface area contributed by atoms with Gasteiger partial charge in [-0.05, 0) is 6.42 Å². The van der Waals surface area contributed by atoms with Crippen LogP contribution < -0.4 is 5.84 Å². The van der Waals surface area contributed by atoms with Gasteiger partial charge in [0.25, 0.3) is 0 Å². The molecule has 0 fully saturated rings. The molecule has 1 aromatic rings. The van der Waals surface area contributed by atoms with Crippen molar-refractivity contribution >= 4 is 17.6 Å². The van der Waals surface area contributed by atoms with Crippen LogP contribution in [-0.2, 0) is 6.42 Å². The van der Waals surface area contributed by atoms with E-state index in [1.807, 2.05) is 0 Å². The van der Waals surface area contributed by atoms with Gasteiger partial charge in [-0.15, -0.1) is 10.2 Å². The Morgan fingerprint density at radius 3 is 2.83 bits per heavy atom. The number of hydrogen-bond donors (Lipinski definition) is 1. The fraction of sp³-hybridized carbons (Fsp3) is 0.571. The van der Waals surface area contributed by atoms with Gasteiger partial charge in [0.1, 0.15) is 0 Å². The largest absolute Gasteiger partial charge is 0.336 e. The van der Waals surface area contributed by atoms with Crippen molar-refractivity contribution in [2.75, 3.05) is 5.84 Å². The molecule has 5 heteroatoms. The van der Waals surface area contributed by atoms with Gasteiger partial charge >= 0.3 is 0 Å². The first kappa shape index (κ1) is 9.12. The summed E-state index contributed by atoms with van der Waals surface area (Å²) in [5.74, 6) is 7.00. The van der Waals surface area contributed by atoms with Crippen LogP contribution in [0.25, 0.3) is 0 Å². The predicted octanol–water partition coefficient (Wildman–Crippen LogP) is 0.682. The number of nitrogens with two attached hydrogens (primary N) is 1. The van der Waals surface area contributed by atoms with Crippen molar-refractivity contribution < 1.29 is 0 Å². The fourth-order valence-corrected chi connectivity index (χ4v) is 1.08. The molecule has 0 aromatic carbocycles. The molecular weight excluding hydrogens is 172 g/mol. The summed E-state index contributed by atoms with van der Waals surface area (Å²) in [5.41, 5.74) is 0. The van der Waals surface area contributed by atoms with Crippen LogP contribution in [0, 0.1) is 0 Å². The highest BCUT2D eigenvalue weighted by Gasteiger charge is 2.05. The first-order valence-corrected chi connectivity index (χ1v) is 4.41. The Kier molecular flexibility index (Phi) is 3.16. The number of nitrogen functional groups attached to an aromatic ring is 1. The molecule has 0 saturated heterocycles. The normalized spacial score (nSPS) is 10.1. The van der Waals surface area contributed by atoms with E-state index in [0.29, 0.717) is 5.82 Å². The van der Waals surface area contributed by atoms with E-state index >= 15 is 0 Å². The van der Waals surface area contributed by atoms with Gasteiger partial charge in [0.05, 0.1) is 0 Å². The fourth-order valence-electron chi connectivity index (χ4n) is 0.923. The Morgan fingerprint density at radius 1 is 1.58 bits per heavy atom. The van der Waals surface area contributed by atoms with E-state index in [0.717, 1.165) is 25.1 Å². The topological polar surface area (TPSA) is 56.7 Å². The molecule has 0 aliphatic carbocycles. The molecule has 0 bridgehead atoms. The van der Waals surface area contributed by atoms with Gasteiger partial charge in [0.2, 0.25) is 0 Å². The Bertz CT molecular complexity index is 268. The maximum Gasteiger partial charge on any atom is 0.186 e. The van der Waals surface area contributed by atoms with Crippen LogP contribution in [-0.4, -0.2) is 20.2 Å². The van der Waals surface area contributed by atoms with Gasteiger partial charge in [0, 0.05) is 11.8 Å². The van der Waals surface area contributed by atoms with Crippen molar-refractivity contribution in [3.63, 3.8) is 0 Å². The van der Waals surface area contributed by atoms with Gasteiger partial charge in [-0.3, -0.25) is 0 Å². The first-order valence-electron chi connectivity index (χ1n) is 3.94. The lowest BCUT2D eigenvalue weighted by Crippen LogP contribution is -2.15. The summed E-state index contributed by atoms with van der Waals surface area (Å²) in [6.07, 6.45) is 3.07. The van der Waals surface area contributed by atoms with E-state index in [4.69, 9.17) is 18.1 Å². The van der Waals surface area contributed by atoms with E-state index in [2.05, 4.69) is 17.1 Å². The second-order valence-corrected chi connectivity index (χ2v) is 2.80. The zero-order chi connectivity index (χ0) is 8.97. The molecule has 1 aromatic heterocycles. The van der Waals surface area contributed by atoms with E-state index in [1.54, 1.807) is 0 Å². The first-order chi connectivity index (χ1) is 5.79. The number of aromatic nitrogens is 3. The third-order valence-electron chi connectivity index (χ3n) is 1.65. The van der Waals surface area contributed by atoms with Gasteiger partial charge in [-0.25, -0.2) is 4.68 Å². The lowest BCUT2D eigenvalue weighted by atomic mass is 10.2. The molecule has 4 nitrogen and oxygen atoms in total. The molecule has 1 heterocycles. The Balaban J connectivity index is 2.72. The van der Waals surface area contributed by atoms with Crippen LogP contribution in [0.1, 0.15) is 31.4 Å². The van der Waals surface area contributed by atoms with Crippen LogP contribution in [0.5, 0.6) is 0 Å². The summed E-state index contributed by atoms with van der Waals surface area (Å²) >= 11 is 4.70. The number of rotatable bonds is 4. The second kappa shape index (κ2) is 4.15. The highest BCUT2D eigenvalue weighted by molar-refractivity contribution is 7.79. The third kappa shape index (κ3) is 1.79. The van der Waals surface area contributed by atoms with Crippen LogP contribution in [0.3, 0.4) is 0 Å². The molecular formula is C7H12N4S. The van der Waals surface area contributed by atoms with Crippen molar-refractivity contribution in [3.05, 3.63) is 11.6 Å². The summed E-state index contributed by atoms with van der Waals surface area (Å²) < 4.78 is 1.45. The van der Waals surface area contributed by atoms with Crippen LogP contribution in [0.2, 0.25) is 0 Å². The minimum absolute atomic E-state index is 0.552. The minimum Gasteiger partial charge on any atom is -0.336 e. The predicted molar refractivity (Wildman–Crippen MR) is 51.5 cm³/mol. The lowest BCUT2D eigenvalue weighted by Gasteiger charge is -1.98. The quantitative estimate of drug-likeness (QED) is 0.552. The summed E-state index contributed by atoms with van der Waals surface area (Å²) in [7, 11) is 0. The molecule has 0 amide bonds. The monoisotopic (exact) mass is 184 g/mol. The van der Waals surface area contributed by atoms with Gasteiger partial charge in [0.15, 0.2) is 11.6 Å². The molecule has 0 spiro atoms. The SMILES string of the molecule is CCCCc1nnc(C=S)n1N. The van der Waals surface area contributed by atoms with Gasteiger partial charge < -0.3 is 5.84 Å². The summed E-state index contributed by atoms with van der Waals surface area (Å²) in [6, 6.07) is 0. The maximum atomic E-state index is 5.65. The second-order valence-electron chi connectivity index (χ2n) is 2.57. The average Bonchev–Trinajstić information content (AvgIpc) is 2.43. The Labute approximate surface area is 76.8 Å². The minimum atomic E-state index is 0.552. The summed E-state index contributed by atoms with van der Waals surface area (Å²) in [4.78, 5) is 0. The highest BCUT2D eigenvalue weighted by Crippen LogP contribution is 2.00. The average molecular weight is 184 g/mol. The molecule has 12 heavy (non-hydrogen) atoms. The number of nitrogens with zero attached hydrogens (tertiary/aromatic N) is 3. The van der Waals surface area contributed by atoms with Gasteiger partial charge in [-0.2, -0.15) is 0 Å².